The second-order valence-corrected chi connectivity index (χ2v) is 11.3. The Balaban J connectivity index is 1.92. The summed E-state index contributed by atoms with van der Waals surface area (Å²) in [5.41, 5.74) is 1.40. The van der Waals surface area contributed by atoms with Gasteiger partial charge in [0.05, 0.1) is 11.6 Å². The van der Waals surface area contributed by atoms with E-state index in [2.05, 4.69) is 33.6 Å². The second-order valence-electron chi connectivity index (χ2n) is 10.8. The average Bonchev–Trinajstić information content (AvgIpc) is 2.70. The van der Waals surface area contributed by atoms with Crippen molar-refractivity contribution < 1.29 is 23.8 Å². The molecule has 0 aromatic heterocycles. The van der Waals surface area contributed by atoms with E-state index in [1.54, 1.807) is 6.07 Å². The zero-order chi connectivity index (χ0) is 24.8. The minimum atomic E-state index is -0.552. The fourth-order valence-corrected chi connectivity index (χ4v) is 5.55. The van der Waals surface area contributed by atoms with Crippen LogP contribution in [0.3, 0.4) is 0 Å². The Kier molecular flexibility index (Phi) is 6.33. The second kappa shape index (κ2) is 8.82. The van der Waals surface area contributed by atoms with Gasteiger partial charge in [-0.25, -0.2) is 0 Å². The molecular weight excluding hydrogens is 452 g/mol. The van der Waals surface area contributed by atoms with Crippen LogP contribution in [0.15, 0.2) is 34.8 Å². The van der Waals surface area contributed by atoms with Crippen molar-refractivity contribution in [2.75, 3.05) is 13.2 Å². The van der Waals surface area contributed by atoms with Crippen molar-refractivity contribution in [3.05, 3.63) is 45.4 Å². The van der Waals surface area contributed by atoms with Crippen molar-refractivity contribution in [3.63, 3.8) is 0 Å². The summed E-state index contributed by atoms with van der Waals surface area (Å²) in [4.78, 5) is 26.9. The number of hydrogen-bond acceptors (Lipinski definition) is 5. The van der Waals surface area contributed by atoms with Crippen LogP contribution in [-0.2, 0) is 14.3 Å². The Morgan fingerprint density at radius 3 is 2.06 bits per heavy atom. The van der Waals surface area contributed by atoms with Gasteiger partial charge >= 0.3 is 0 Å². The van der Waals surface area contributed by atoms with Gasteiger partial charge in [-0.15, -0.1) is 6.42 Å². The zero-order valence-corrected chi connectivity index (χ0v) is 21.2. The molecule has 6 heteroatoms. The minimum absolute atomic E-state index is 0.00201. The normalized spacial score (nSPS) is 21.4. The molecule has 0 unspecified atom stereocenters. The molecule has 180 valence electrons. The van der Waals surface area contributed by atoms with Gasteiger partial charge in [-0.3, -0.25) is 9.59 Å². The summed E-state index contributed by atoms with van der Waals surface area (Å²) in [6, 6.07) is 3.56. The first-order valence-corrected chi connectivity index (χ1v) is 12.1. The highest BCUT2D eigenvalue weighted by Crippen LogP contribution is 2.54. The van der Waals surface area contributed by atoms with Crippen LogP contribution in [0.25, 0.3) is 0 Å². The summed E-state index contributed by atoms with van der Waals surface area (Å²) < 4.78 is 17.8. The topological polar surface area (TPSA) is 61.8 Å². The van der Waals surface area contributed by atoms with E-state index in [9.17, 15) is 9.59 Å². The number of benzene rings is 1. The Morgan fingerprint density at radius 2 is 1.56 bits per heavy atom. The van der Waals surface area contributed by atoms with Crippen LogP contribution in [0.5, 0.6) is 11.5 Å². The van der Waals surface area contributed by atoms with Gasteiger partial charge in [-0.05, 0) is 35.4 Å². The molecule has 0 saturated carbocycles. The van der Waals surface area contributed by atoms with E-state index in [4.69, 9.17) is 32.2 Å². The Hall–Kier alpha value is -2.71. The monoisotopic (exact) mass is 482 g/mol. The lowest BCUT2D eigenvalue weighted by Gasteiger charge is -2.42. The summed E-state index contributed by atoms with van der Waals surface area (Å²) >= 11 is 6.63. The summed E-state index contributed by atoms with van der Waals surface area (Å²) in [7, 11) is 0. The Morgan fingerprint density at radius 1 is 1.00 bits per heavy atom. The van der Waals surface area contributed by atoms with Crippen LogP contribution in [0, 0.1) is 23.2 Å². The van der Waals surface area contributed by atoms with Crippen LogP contribution < -0.4 is 9.47 Å². The fraction of sp³-hybridized carbons (Fsp3) is 0.500. The first-order valence-electron chi connectivity index (χ1n) is 11.7. The van der Waals surface area contributed by atoms with E-state index in [1.807, 2.05) is 13.0 Å². The largest absolute Gasteiger partial charge is 0.490 e. The van der Waals surface area contributed by atoms with Crippen LogP contribution >= 0.6 is 11.6 Å². The molecule has 5 nitrogen and oxygen atoms in total. The first kappa shape index (κ1) is 24.4. The highest BCUT2D eigenvalue weighted by atomic mass is 35.5. The van der Waals surface area contributed by atoms with Crippen molar-refractivity contribution >= 4 is 23.2 Å². The highest BCUT2D eigenvalue weighted by molar-refractivity contribution is 6.32. The number of Topliss-reactive ketones (excluding diaryl/α,β-unsaturated/α-hetero) is 2. The van der Waals surface area contributed by atoms with E-state index in [1.165, 1.54) is 0 Å². The molecule has 0 bridgehead atoms. The number of allylic oxidation sites excluding steroid dienone is 4. The third-order valence-electron chi connectivity index (χ3n) is 6.55. The van der Waals surface area contributed by atoms with Crippen LogP contribution in [0.2, 0.25) is 5.02 Å². The summed E-state index contributed by atoms with van der Waals surface area (Å²) in [6.45, 7) is 10.6. The molecule has 0 spiro atoms. The lowest BCUT2D eigenvalue weighted by atomic mass is 9.65. The Labute approximate surface area is 206 Å². The van der Waals surface area contributed by atoms with E-state index in [-0.39, 0.29) is 29.0 Å². The maximum absolute atomic E-state index is 13.5. The number of terminal acetylenes is 1. The molecule has 4 rings (SSSR count). The summed E-state index contributed by atoms with van der Waals surface area (Å²) in [5.74, 6) is 4.00. The van der Waals surface area contributed by atoms with Crippen LogP contribution in [0.4, 0.5) is 0 Å². The molecule has 1 aliphatic heterocycles. The predicted molar refractivity (Wildman–Crippen MR) is 131 cm³/mol. The van der Waals surface area contributed by atoms with Crippen LogP contribution in [0.1, 0.15) is 71.8 Å². The van der Waals surface area contributed by atoms with Crippen molar-refractivity contribution in [1.29, 1.82) is 0 Å². The van der Waals surface area contributed by atoms with Gasteiger partial charge in [0.1, 0.15) is 18.1 Å². The number of carbonyl (C=O) groups excluding carboxylic acids is 2. The van der Waals surface area contributed by atoms with Crippen molar-refractivity contribution in [2.24, 2.45) is 10.8 Å². The van der Waals surface area contributed by atoms with Gasteiger partial charge < -0.3 is 14.2 Å². The number of ketones is 2. The van der Waals surface area contributed by atoms with Gasteiger partial charge in [-0.2, -0.15) is 0 Å². The van der Waals surface area contributed by atoms with Gasteiger partial charge in [0, 0.05) is 42.7 Å². The molecule has 0 amide bonds. The fourth-order valence-electron chi connectivity index (χ4n) is 5.28. The van der Waals surface area contributed by atoms with Crippen molar-refractivity contribution in [3.8, 4) is 23.8 Å². The molecule has 0 radical (unpaired) electrons. The van der Waals surface area contributed by atoms with E-state index >= 15 is 0 Å². The minimum Gasteiger partial charge on any atom is -0.490 e. The lowest BCUT2D eigenvalue weighted by Crippen LogP contribution is -2.37. The standard InChI is InChI=1S/C28H31ClO5/c1-7-9-33-26-17(29)10-16(11-20(26)32-8-2)23-24-18(30)12-27(3,4)14-21(24)34-22-15-28(5,6)13-19(31)25(22)23/h1,10-11,23H,8-9,12-15H2,2-6H3. The van der Waals surface area contributed by atoms with Gasteiger partial charge in [0.15, 0.2) is 23.1 Å². The number of hydrogen-bond donors (Lipinski definition) is 0. The third-order valence-corrected chi connectivity index (χ3v) is 6.83. The quantitative estimate of drug-likeness (QED) is 0.471. The number of rotatable bonds is 5. The van der Waals surface area contributed by atoms with Gasteiger partial charge in [-0.1, -0.05) is 45.2 Å². The number of carbonyl (C=O) groups is 2. The molecule has 0 saturated heterocycles. The summed E-state index contributed by atoms with van der Waals surface area (Å²) in [6.07, 6.45) is 7.40. The maximum atomic E-state index is 13.5. The number of ether oxygens (including phenoxy) is 3. The van der Waals surface area contributed by atoms with Gasteiger partial charge in [0.25, 0.3) is 0 Å². The molecule has 1 aromatic carbocycles. The molecule has 0 N–H and O–H groups in total. The molecule has 3 aliphatic rings. The molecule has 34 heavy (non-hydrogen) atoms. The first-order chi connectivity index (χ1) is 16.0. The van der Waals surface area contributed by atoms with E-state index in [0.29, 0.717) is 77.0 Å². The van der Waals surface area contributed by atoms with Crippen molar-refractivity contribution in [2.45, 2.75) is 66.2 Å². The van der Waals surface area contributed by atoms with Crippen LogP contribution in [-0.4, -0.2) is 24.8 Å². The molecule has 2 aliphatic carbocycles. The zero-order valence-electron chi connectivity index (χ0n) is 20.5. The lowest BCUT2D eigenvalue weighted by molar-refractivity contribution is -0.120. The highest BCUT2D eigenvalue weighted by Gasteiger charge is 2.48. The smallest absolute Gasteiger partial charge is 0.181 e. The Bertz CT molecular complexity index is 1110. The van der Waals surface area contributed by atoms with Gasteiger partial charge in [0.2, 0.25) is 0 Å². The predicted octanol–water partition coefficient (Wildman–Crippen LogP) is 6.15. The molecular formula is C28H31ClO5. The molecule has 0 atom stereocenters. The van der Waals surface area contributed by atoms with E-state index < -0.39 is 5.92 Å². The molecule has 1 aromatic rings. The molecule has 1 heterocycles. The third kappa shape index (κ3) is 4.49. The SMILES string of the molecule is C#CCOc1c(Cl)cc(C2C3=C(CC(C)(C)CC3=O)OC3=C2C(=O)CC(C)(C)C3)cc1OCC. The van der Waals surface area contributed by atoms with E-state index in [0.717, 1.165) is 0 Å². The van der Waals surface area contributed by atoms with Crippen molar-refractivity contribution in [1.82, 2.24) is 0 Å². The average molecular weight is 483 g/mol. The number of halogens is 1. The summed E-state index contributed by atoms with van der Waals surface area (Å²) in [5, 5.41) is 0.319. The maximum Gasteiger partial charge on any atom is 0.181 e. The molecule has 0 fully saturated rings.